The monoisotopic (exact) mass is 363 g/mol. The molecule has 6 heteroatoms. The Kier molecular flexibility index (Phi) is 4.81. The minimum atomic E-state index is 0.0452. The van der Waals surface area contributed by atoms with Crippen LogP contribution in [0.15, 0.2) is 48.8 Å². The summed E-state index contributed by atoms with van der Waals surface area (Å²) >= 11 is 0. The molecule has 4 rings (SSSR count). The smallest absolute Gasteiger partial charge is 0.223 e. The summed E-state index contributed by atoms with van der Waals surface area (Å²) in [4.78, 5) is 25.7. The number of carbonyl (C=O) groups is 1. The molecule has 0 radical (unpaired) electrons. The molecule has 3 heterocycles. The van der Waals surface area contributed by atoms with Crippen LogP contribution >= 0.6 is 0 Å². The van der Waals surface area contributed by atoms with Gasteiger partial charge in [-0.05, 0) is 42.0 Å². The molecule has 1 N–H and O–H groups in total. The van der Waals surface area contributed by atoms with Crippen molar-refractivity contribution in [2.75, 3.05) is 43.0 Å². The fourth-order valence-electron chi connectivity index (χ4n) is 3.62. The van der Waals surface area contributed by atoms with Crippen molar-refractivity contribution in [3.63, 3.8) is 0 Å². The van der Waals surface area contributed by atoms with E-state index in [1.54, 1.807) is 18.9 Å². The minimum Gasteiger partial charge on any atom is -0.369 e. The lowest BCUT2D eigenvalue weighted by Gasteiger charge is -2.36. The molecule has 0 bridgehead atoms. The lowest BCUT2D eigenvalue weighted by atomic mass is 10.2. The molecule has 0 unspecified atom stereocenters. The summed E-state index contributed by atoms with van der Waals surface area (Å²) in [5.41, 5.74) is 4.41. The zero-order valence-electron chi connectivity index (χ0n) is 15.9. The number of hydrogen-bond acceptors (Lipinski definition) is 4. The summed E-state index contributed by atoms with van der Waals surface area (Å²) in [5.74, 6) is 0.0452. The third kappa shape index (κ3) is 3.66. The van der Waals surface area contributed by atoms with Crippen LogP contribution in [0.5, 0.6) is 0 Å². The maximum atomic E-state index is 11.5. The predicted octanol–water partition coefficient (Wildman–Crippen LogP) is 2.87. The zero-order valence-corrected chi connectivity index (χ0v) is 15.9. The molecule has 1 aliphatic rings. The average Bonchev–Trinajstić information content (AvgIpc) is 3.11. The van der Waals surface area contributed by atoms with Crippen LogP contribution in [0.3, 0.4) is 0 Å². The Bertz CT molecular complexity index is 925. The van der Waals surface area contributed by atoms with Crippen molar-refractivity contribution in [3.05, 3.63) is 54.4 Å². The molecule has 1 fully saturated rings. The molecular weight excluding hydrogens is 338 g/mol. The maximum absolute atomic E-state index is 11.5. The number of hydrogen-bond donors (Lipinski definition) is 1. The van der Waals surface area contributed by atoms with Gasteiger partial charge in [0.25, 0.3) is 0 Å². The second-order valence-corrected chi connectivity index (χ2v) is 7.07. The predicted molar refractivity (Wildman–Crippen MR) is 109 cm³/mol. The van der Waals surface area contributed by atoms with E-state index in [9.17, 15) is 4.79 Å². The second-order valence-electron chi connectivity index (χ2n) is 7.07. The Morgan fingerprint density at radius 3 is 2.59 bits per heavy atom. The molecule has 1 saturated heterocycles. The SMILES string of the molecule is CC(=O)N(C)c1ccc(N2CCN(Cc3c[nH]c4ncccc34)CC2)cc1. The topological polar surface area (TPSA) is 55.5 Å². The Morgan fingerprint density at radius 1 is 1.15 bits per heavy atom. The number of piperazine rings is 1. The number of fused-ring (bicyclic) bond motifs is 1. The molecule has 140 valence electrons. The normalized spacial score (nSPS) is 15.3. The Labute approximate surface area is 159 Å². The molecule has 1 aromatic carbocycles. The highest BCUT2D eigenvalue weighted by Crippen LogP contribution is 2.23. The van der Waals surface area contributed by atoms with Crippen molar-refractivity contribution in [2.45, 2.75) is 13.5 Å². The largest absolute Gasteiger partial charge is 0.369 e. The first kappa shape index (κ1) is 17.5. The number of amides is 1. The standard InChI is InChI=1S/C21H25N5O/c1-16(27)24(2)18-5-7-19(8-6-18)26-12-10-25(11-13-26)15-17-14-23-21-20(17)4-3-9-22-21/h3-9,14H,10-13,15H2,1-2H3,(H,22,23). The summed E-state index contributed by atoms with van der Waals surface area (Å²) in [7, 11) is 1.80. The molecule has 0 aliphatic carbocycles. The van der Waals surface area contributed by atoms with Crippen molar-refractivity contribution < 1.29 is 4.79 Å². The van der Waals surface area contributed by atoms with Gasteiger partial charge in [-0.25, -0.2) is 4.98 Å². The van der Waals surface area contributed by atoms with Crippen LogP contribution < -0.4 is 9.80 Å². The molecule has 6 nitrogen and oxygen atoms in total. The van der Waals surface area contributed by atoms with Gasteiger partial charge in [-0.15, -0.1) is 0 Å². The number of anilines is 2. The van der Waals surface area contributed by atoms with Gasteiger partial charge < -0.3 is 14.8 Å². The molecule has 0 spiro atoms. The van der Waals surface area contributed by atoms with Crippen molar-refractivity contribution in [1.29, 1.82) is 0 Å². The summed E-state index contributed by atoms with van der Waals surface area (Å²) in [6, 6.07) is 12.4. The molecule has 1 aliphatic heterocycles. The first-order valence-electron chi connectivity index (χ1n) is 9.34. The first-order chi connectivity index (χ1) is 13.1. The molecule has 0 saturated carbocycles. The van der Waals surface area contributed by atoms with Crippen LogP contribution in [0.2, 0.25) is 0 Å². The zero-order chi connectivity index (χ0) is 18.8. The van der Waals surface area contributed by atoms with Crippen molar-refractivity contribution in [3.8, 4) is 0 Å². The van der Waals surface area contributed by atoms with E-state index in [1.807, 2.05) is 24.4 Å². The molecule has 27 heavy (non-hydrogen) atoms. The van der Waals surface area contributed by atoms with E-state index in [-0.39, 0.29) is 5.91 Å². The number of pyridine rings is 1. The van der Waals surface area contributed by atoms with E-state index in [2.05, 4.69) is 44.2 Å². The quantitative estimate of drug-likeness (QED) is 0.774. The highest BCUT2D eigenvalue weighted by atomic mass is 16.2. The number of carbonyl (C=O) groups excluding carboxylic acids is 1. The minimum absolute atomic E-state index is 0.0452. The van der Waals surface area contributed by atoms with Crippen LogP contribution in [0.1, 0.15) is 12.5 Å². The fraction of sp³-hybridized carbons (Fsp3) is 0.333. The number of nitrogens with one attached hydrogen (secondary N) is 1. The van der Waals surface area contributed by atoms with Gasteiger partial charge in [-0.2, -0.15) is 0 Å². The van der Waals surface area contributed by atoms with Crippen LogP contribution in [0.25, 0.3) is 11.0 Å². The van der Waals surface area contributed by atoms with E-state index >= 15 is 0 Å². The van der Waals surface area contributed by atoms with Crippen LogP contribution in [0.4, 0.5) is 11.4 Å². The lowest BCUT2D eigenvalue weighted by Crippen LogP contribution is -2.45. The van der Waals surface area contributed by atoms with Crippen LogP contribution in [-0.2, 0) is 11.3 Å². The van der Waals surface area contributed by atoms with Crippen molar-refractivity contribution in [1.82, 2.24) is 14.9 Å². The number of nitrogens with zero attached hydrogens (tertiary/aromatic N) is 4. The van der Waals surface area contributed by atoms with Crippen LogP contribution in [-0.4, -0.2) is 54.0 Å². The van der Waals surface area contributed by atoms with Gasteiger partial charge in [0.1, 0.15) is 5.65 Å². The molecule has 2 aromatic heterocycles. The lowest BCUT2D eigenvalue weighted by molar-refractivity contribution is -0.116. The summed E-state index contributed by atoms with van der Waals surface area (Å²) in [6.45, 7) is 6.59. The van der Waals surface area contributed by atoms with Gasteiger partial charge in [0.2, 0.25) is 5.91 Å². The first-order valence-corrected chi connectivity index (χ1v) is 9.34. The number of benzene rings is 1. The molecule has 3 aromatic rings. The van der Waals surface area contributed by atoms with E-state index in [1.165, 1.54) is 16.6 Å². The van der Waals surface area contributed by atoms with E-state index in [0.29, 0.717) is 0 Å². The van der Waals surface area contributed by atoms with Gasteiger partial charge in [0.05, 0.1) is 0 Å². The molecule has 0 atom stereocenters. The van der Waals surface area contributed by atoms with E-state index in [0.717, 1.165) is 44.1 Å². The van der Waals surface area contributed by atoms with Crippen LogP contribution in [0, 0.1) is 0 Å². The van der Waals surface area contributed by atoms with Gasteiger partial charge in [-0.3, -0.25) is 9.69 Å². The number of aromatic nitrogens is 2. The summed E-state index contributed by atoms with van der Waals surface area (Å²) in [6.07, 6.45) is 3.90. The van der Waals surface area contributed by atoms with Gasteiger partial charge >= 0.3 is 0 Å². The molecule has 1 amide bonds. The van der Waals surface area contributed by atoms with Crippen molar-refractivity contribution in [2.24, 2.45) is 0 Å². The summed E-state index contributed by atoms with van der Waals surface area (Å²) < 4.78 is 0. The van der Waals surface area contributed by atoms with Crippen molar-refractivity contribution >= 4 is 28.3 Å². The van der Waals surface area contributed by atoms with E-state index < -0.39 is 0 Å². The third-order valence-corrected chi connectivity index (χ3v) is 5.38. The highest BCUT2D eigenvalue weighted by molar-refractivity contribution is 5.91. The Balaban J connectivity index is 1.37. The number of aromatic amines is 1. The van der Waals surface area contributed by atoms with Gasteiger partial charge in [0.15, 0.2) is 0 Å². The number of rotatable bonds is 4. The maximum Gasteiger partial charge on any atom is 0.223 e. The molecular formula is C21H25N5O. The third-order valence-electron chi connectivity index (χ3n) is 5.38. The average molecular weight is 363 g/mol. The fourth-order valence-corrected chi connectivity index (χ4v) is 3.62. The van der Waals surface area contributed by atoms with E-state index in [4.69, 9.17) is 0 Å². The summed E-state index contributed by atoms with van der Waals surface area (Å²) in [5, 5.41) is 1.21. The van der Waals surface area contributed by atoms with Gasteiger partial charge in [-0.1, -0.05) is 0 Å². The number of H-pyrrole nitrogens is 1. The van der Waals surface area contributed by atoms with Gasteiger partial charge in [0, 0.05) is 75.8 Å². The highest BCUT2D eigenvalue weighted by Gasteiger charge is 2.19. The Hall–Kier alpha value is -2.86. The Morgan fingerprint density at radius 2 is 1.89 bits per heavy atom. The second kappa shape index (κ2) is 7.40.